The minimum atomic E-state index is -3.82. The molecule has 1 N–H and O–H groups in total. The van der Waals surface area contributed by atoms with Crippen molar-refractivity contribution in [2.45, 2.75) is 59.0 Å². The van der Waals surface area contributed by atoms with E-state index >= 15 is 0 Å². The van der Waals surface area contributed by atoms with Crippen molar-refractivity contribution in [3.05, 3.63) is 65.5 Å². The van der Waals surface area contributed by atoms with Gasteiger partial charge in [-0.3, -0.25) is 13.9 Å². The quantitative estimate of drug-likeness (QED) is 0.532. The molecule has 2 aromatic carbocycles. The molecule has 0 aromatic heterocycles. The first-order valence-corrected chi connectivity index (χ1v) is 13.5. The number of benzene rings is 2. The van der Waals surface area contributed by atoms with E-state index in [1.165, 1.54) is 23.1 Å². The van der Waals surface area contributed by atoms with Gasteiger partial charge in [0, 0.05) is 18.7 Å². The summed E-state index contributed by atoms with van der Waals surface area (Å²) in [5, 5.41) is 2.74. The molecule has 2 rings (SSSR count). The van der Waals surface area contributed by atoms with E-state index in [1.54, 1.807) is 25.1 Å². The van der Waals surface area contributed by atoms with Crippen LogP contribution < -0.4 is 9.62 Å². The molecule has 1 atom stereocenters. The SMILES string of the molecule is CCCNC(=O)[C@H](C)N(Cc1ccccc1F)C(=O)CN(c1ccc(C(C)(C)C)cc1)S(C)(=O)=O. The lowest BCUT2D eigenvalue weighted by Crippen LogP contribution is -2.51. The van der Waals surface area contributed by atoms with Crippen LogP contribution in [0.15, 0.2) is 48.5 Å². The molecule has 2 aromatic rings. The van der Waals surface area contributed by atoms with Gasteiger partial charge in [0.1, 0.15) is 18.4 Å². The van der Waals surface area contributed by atoms with Crippen LogP contribution in [0.25, 0.3) is 0 Å². The smallest absolute Gasteiger partial charge is 0.244 e. The predicted molar refractivity (Wildman–Crippen MR) is 137 cm³/mol. The fourth-order valence-electron chi connectivity index (χ4n) is 3.53. The molecule has 0 saturated heterocycles. The van der Waals surface area contributed by atoms with Gasteiger partial charge in [0.05, 0.1) is 11.9 Å². The van der Waals surface area contributed by atoms with Crippen molar-refractivity contribution in [2.75, 3.05) is 23.7 Å². The molecule has 0 heterocycles. The van der Waals surface area contributed by atoms with Crippen LogP contribution in [0.2, 0.25) is 0 Å². The highest BCUT2D eigenvalue weighted by Gasteiger charge is 2.30. The van der Waals surface area contributed by atoms with Gasteiger partial charge in [-0.05, 0) is 42.5 Å². The molecule has 192 valence electrons. The maximum atomic E-state index is 14.4. The Morgan fingerprint density at radius 1 is 1.06 bits per heavy atom. The Labute approximate surface area is 208 Å². The van der Waals surface area contributed by atoms with Gasteiger partial charge in [-0.2, -0.15) is 0 Å². The van der Waals surface area contributed by atoms with E-state index in [0.29, 0.717) is 18.7 Å². The highest BCUT2D eigenvalue weighted by atomic mass is 32.2. The molecular formula is C26H36FN3O4S. The molecule has 7 nitrogen and oxygen atoms in total. The summed E-state index contributed by atoms with van der Waals surface area (Å²) in [7, 11) is -3.82. The summed E-state index contributed by atoms with van der Waals surface area (Å²) in [4.78, 5) is 27.3. The van der Waals surface area contributed by atoms with Gasteiger partial charge in [0.25, 0.3) is 0 Å². The number of rotatable bonds is 10. The first kappa shape index (κ1) is 28.3. The summed E-state index contributed by atoms with van der Waals surface area (Å²) in [6.45, 7) is 9.33. The lowest BCUT2D eigenvalue weighted by atomic mass is 9.87. The molecule has 0 aliphatic carbocycles. The zero-order valence-electron chi connectivity index (χ0n) is 21.3. The lowest BCUT2D eigenvalue weighted by molar-refractivity contribution is -0.139. The second kappa shape index (κ2) is 11.7. The van der Waals surface area contributed by atoms with Gasteiger partial charge in [-0.15, -0.1) is 0 Å². The average Bonchev–Trinajstić information content (AvgIpc) is 2.78. The minimum absolute atomic E-state index is 0.123. The van der Waals surface area contributed by atoms with Crippen molar-refractivity contribution in [3.8, 4) is 0 Å². The lowest BCUT2D eigenvalue weighted by Gasteiger charge is -2.31. The van der Waals surface area contributed by atoms with E-state index in [1.807, 2.05) is 39.8 Å². The first-order valence-electron chi connectivity index (χ1n) is 11.6. The number of carbonyl (C=O) groups is 2. The highest BCUT2D eigenvalue weighted by Crippen LogP contribution is 2.26. The summed E-state index contributed by atoms with van der Waals surface area (Å²) in [5.74, 6) is -1.51. The Kier molecular flexibility index (Phi) is 9.43. The second-order valence-electron chi connectivity index (χ2n) is 9.65. The molecule has 9 heteroatoms. The van der Waals surface area contributed by atoms with E-state index in [0.717, 1.165) is 16.1 Å². The van der Waals surface area contributed by atoms with Crippen molar-refractivity contribution < 1.29 is 22.4 Å². The fourth-order valence-corrected chi connectivity index (χ4v) is 4.38. The molecule has 0 aliphatic heterocycles. The Morgan fingerprint density at radius 2 is 1.66 bits per heavy atom. The van der Waals surface area contributed by atoms with Gasteiger partial charge >= 0.3 is 0 Å². The topological polar surface area (TPSA) is 86.8 Å². The third-order valence-electron chi connectivity index (χ3n) is 5.72. The number of halogens is 1. The molecule has 0 bridgehead atoms. The maximum absolute atomic E-state index is 14.4. The number of amides is 2. The molecule has 0 radical (unpaired) electrons. The van der Waals surface area contributed by atoms with Gasteiger partial charge in [0.2, 0.25) is 21.8 Å². The Morgan fingerprint density at radius 3 is 2.17 bits per heavy atom. The van der Waals surface area contributed by atoms with Crippen molar-refractivity contribution in [1.82, 2.24) is 10.2 Å². The van der Waals surface area contributed by atoms with Crippen LogP contribution in [-0.4, -0.2) is 50.5 Å². The molecule has 2 amide bonds. The standard InChI is InChI=1S/C26H36FN3O4S/c1-7-16-28-25(32)19(2)29(17-20-10-8-9-11-23(20)27)24(31)18-30(35(6,33)34)22-14-12-21(13-15-22)26(3,4)5/h8-15,19H,7,16-18H2,1-6H3,(H,28,32)/t19-/m0/s1. The Bertz CT molecular complexity index is 1130. The number of sulfonamides is 1. The number of nitrogens with one attached hydrogen (secondary N) is 1. The van der Waals surface area contributed by atoms with Crippen LogP contribution in [0.3, 0.4) is 0 Å². The Balaban J connectivity index is 2.39. The van der Waals surface area contributed by atoms with Crippen LogP contribution in [-0.2, 0) is 31.6 Å². The van der Waals surface area contributed by atoms with Crippen molar-refractivity contribution in [3.63, 3.8) is 0 Å². The van der Waals surface area contributed by atoms with E-state index in [4.69, 9.17) is 0 Å². The number of anilines is 1. The van der Waals surface area contributed by atoms with Crippen LogP contribution in [0.1, 0.15) is 52.2 Å². The number of hydrogen-bond acceptors (Lipinski definition) is 4. The highest BCUT2D eigenvalue weighted by molar-refractivity contribution is 7.92. The zero-order chi connectivity index (χ0) is 26.4. The van der Waals surface area contributed by atoms with Gasteiger partial charge in [0.15, 0.2) is 0 Å². The van der Waals surface area contributed by atoms with E-state index in [-0.39, 0.29) is 17.5 Å². The van der Waals surface area contributed by atoms with Crippen molar-refractivity contribution >= 4 is 27.5 Å². The molecular weight excluding hydrogens is 469 g/mol. The van der Waals surface area contributed by atoms with Crippen molar-refractivity contribution in [2.24, 2.45) is 0 Å². The van der Waals surface area contributed by atoms with Gasteiger partial charge < -0.3 is 10.2 Å². The van der Waals surface area contributed by atoms with Crippen LogP contribution in [0, 0.1) is 5.82 Å². The molecule has 0 fully saturated rings. The summed E-state index contributed by atoms with van der Waals surface area (Å²) in [6.07, 6.45) is 1.74. The second-order valence-corrected chi connectivity index (χ2v) is 11.6. The number of hydrogen-bond donors (Lipinski definition) is 1. The normalized spacial score (nSPS) is 12.7. The monoisotopic (exact) mass is 505 g/mol. The molecule has 0 aliphatic rings. The average molecular weight is 506 g/mol. The summed E-state index contributed by atoms with van der Waals surface area (Å²) in [5.41, 5.74) is 1.46. The van der Waals surface area contributed by atoms with E-state index < -0.39 is 40.2 Å². The number of nitrogens with zero attached hydrogens (tertiary/aromatic N) is 2. The predicted octanol–water partition coefficient (Wildman–Crippen LogP) is 3.83. The third-order valence-corrected chi connectivity index (χ3v) is 6.86. The fraction of sp³-hybridized carbons (Fsp3) is 0.462. The van der Waals surface area contributed by atoms with Crippen LogP contribution >= 0.6 is 0 Å². The van der Waals surface area contributed by atoms with Crippen LogP contribution in [0.4, 0.5) is 10.1 Å². The number of carbonyl (C=O) groups excluding carboxylic acids is 2. The molecule has 0 unspecified atom stereocenters. The van der Waals surface area contributed by atoms with Gasteiger partial charge in [-0.25, -0.2) is 12.8 Å². The Hall–Kier alpha value is -2.94. The van der Waals surface area contributed by atoms with Crippen LogP contribution in [0.5, 0.6) is 0 Å². The summed E-state index contributed by atoms with van der Waals surface area (Å²) < 4.78 is 40.7. The van der Waals surface area contributed by atoms with E-state index in [2.05, 4.69) is 5.32 Å². The minimum Gasteiger partial charge on any atom is -0.354 e. The largest absolute Gasteiger partial charge is 0.354 e. The zero-order valence-corrected chi connectivity index (χ0v) is 22.2. The third kappa shape index (κ3) is 7.78. The molecule has 0 saturated carbocycles. The molecule has 0 spiro atoms. The summed E-state index contributed by atoms with van der Waals surface area (Å²) in [6, 6.07) is 12.0. The van der Waals surface area contributed by atoms with Gasteiger partial charge in [-0.1, -0.05) is 58.0 Å². The first-order chi connectivity index (χ1) is 16.3. The maximum Gasteiger partial charge on any atom is 0.244 e. The van der Waals surface area contributed by atoms with Crippen molar-refractivity contribution in [1.29, 1.82) is 0 Å². The van der Waals surface area contributed by atoms with E-state index in [9.17, 15) is 22.4 Å². The summed E-state index contributed by atoms with van der Waals surface area (Å²) >= 11 is 0. The molecule has 35 heavy (non-hydrogen) atoms.